The van der Waals surface area contributed by atoms with Crippen LogP contribution in [0.3, 0.4) is 0 Å². The van der Waals surface area contributed by atoms with Gasteiger partial charge in [0.25, 0.3) is 0 Å². The zero-order chi connectivity index (χ0) is 14.7. The van der Waals surface area contributed by atoms with E-state index >= 15 is 0 Å². The average Bonchev–Trinajstić information content (AvgIpc) is 2.82. The molecule has 0 aromatic heterocycles. The summed E-state index contributed by atoms with van der Waals surface area (Å²) in [5.41, 5.74) is 2.86. The zero-order valence-corrected chi connectivity index (χ0v) is 13.4. The van der Waals surface area contributed by atoms with Gasteiger partial charge in [-0.3, -0.25) is 9.59 Å². The highest BCUT2D eigenvalue weighted by Crippen LogP contribution is 2.30. The van der Waals surface area contributed by atoms with Gasteiger partial charge in [-0.1, -0.05) is 6.92 Å². The lowest BCUT2D eigenvalue weighted by molar-refractivity contribution is -0.119. The quantitative estimate of drug-likeness (QED) is 0.891. The van der Waals surface area contributed by atoms with Gasteiger partial charge in [-0.05, 0) is 37.2 Å². The maximum absolute atomic E-state index is 12.0. The molecule has 0 radical (unpaired) electrons. The van der Waals surface area contributed by atoms with Crippen molar-refractivity contribution in [2.45, 2.75) is 20.3 Å². The molecule has 1 heterocycles. The fourth-order valence-electron chi connectivity index (χ4n) is 2.47. The van der Waals surface area contributed by atoms with Crippen molar-refractivity contribution in [3.63, 3.8) is 0 Å². The molecule has 2 N–H and O–H groups in total. The fraction of sp³-hybridized carbons (Fsp3) is 0.467. The van der Waals surface area contributed by atoms with Gasteiger partial charge < -0.3 is 15.5 Å². The van der Waals surface area contributed by atoms with Gasteiger partial charge in [0.1, 0.15) is 0 Å². The molecule has 116 valence electrons. The van der Waals surface area contributed by atoms with Crippen molar-refractivity contribution in [2.24, 2.45) is 5.92 Å². The summed E-state index contributed by atoms with van der Waals surface area (Å²) in [6.45, 7) is 4.83. The van der Waals surface area contributed by atoms with Crippen LogP contribution < -0.4 is 15.5 Å². The lowest BCUT2D eigenvalue weighted by Gasteiger charge is -2.16. The monoisotopic (exact) mass is 311 g/mol. The molecule has 1 unspecified atom stereocenters. The molecular weight excluding hydrogens is 290 g/mol. The number of carbonyl (C=O) groups excluding carboxylic acids is 2. The highest BCUT2D eigenvalue weighted by Gasteiger charge is 2.22. The van der Waals surface area contributed by atoms with E-state index in [0.29, 0.717) is 6.54 Å². The zero-order valence-electron chi connectivity index (χ0n) is 12.6. The maximum Gasteiger partial charge on any atom is 0.228 e. The van der Waals surface area contributed by atoms with E-state index in [4.69, 9.17) is 0 Å². The van der Waals surface area contributed by atoms with Crippen LogP contribution in [0.1, 0.15) is 19.4 Å². The summed E-state index contributed by atoms with van der Waals surface area (Å²) in [5, 5.41) is 5.91. The smallest absolute Gasteiger partial charge is 0.228 e. The number of carbonyl (C=O) groups is 2. The third-order valence-corrected chi connectivity index (χ3v) is 3.58. The Labute approximate surface area is 131 Å². The van der Waals surface area contributed by atoms with Crippen molar-refractivity contribution in [1.82, 2.24) is 5.32 Å². The van der Waals surface area contributed by atoms with E-state index in [1.807, 2.05) is 32.2 Å². The van der Waals surface area contributed by atoms with Gasteiger partial charge in [-0.2, -0.15) is 0 Å². The normalized spacial score (nSPS) is 14.1. The van der Waals surface area contributed by atoms with Crippen molar-refractivity contribution in [2.75, 3.05) is 30.4 Å². The number of rotatable bonds is 4. The maximum atomic E-state index is 12.0. The molecule has 0 spiro atoms. The summed E-state index contributed by atoms with van der Waals surface area (Å²) in [6, 6.07) is 5.72. The van der Waals surface area contributed by atoms with Crippen LogP contribution in [0.15, 0.2) is 18.2 Å². The van der Waals surface area contributed by atoms with Gasteiger partial charge >= 0.3 is 0 Å². The number of fused-ring (bicyclic) bond motifs is 1. The molecule has 1 aliphatic heterocycles. The van der Waals surface area contributed by atoms with Crippen molar-refractivity contribution in [1.29, 1.82) is 0 Å². The van der Waals surface area contributed by atoms with E-state index in [-0.39, 0.29) is 30.1 Å². The van der Waals surface area contributed by atoms with Gasteiger partial charge in [-0.25, -0.2) is 0 Å². The van der Waals surface area contributed by atoms with Gasteiger partial charge in [-0.15, -0.1) is 12.4 Å². The van der Waals surface area contributed by atoms with Crippen LogP contribution in [0.2, 0.25) is 0 Å². The summed E-state index contributed by atoms with van der Waals surface area (Å²) < 4.78 is 0. The highest BCUT2D eigenvalue weighted by molar-refractivity contribution is 5.96. The Hall–Kier alpha value is -1.59. The third-order valence-electron chi connectivity index (χ3n) is 3.58. The molecule has 5 nitrogen and oxygen atoms in total. The van der Waals surface area contributed by atoms with Gasteiger partial charge in [0.15, 0.2) is 0 Å². The molecule has 1 aromatic carbocycles. The second-order valence-electron chi connectivity index (χ2n) is 5.21. The third kappa shape index (κ3) is 3.95. The summed E-state index contributed by atoms with van der Waals surface area (Å²) in [5.74, 6) is -0.0223. The second kappa shape index (κ2) is 7.43. The van der Waals surface area contributed by atoms with Gasteiger partial charge in [0, 0.05) is 37.3 Å². The topological polar surface area (TPSA) is 61.4 Å². The number of benzene rings is 1. The molecule has 6 heteroatoms. The molecule has 2 rings (SSSR count). The Morgan fingerprint density at radius 2 is 2.10 bits per heavy atom. The first-order valence-electron chi connectivity index (χ1n) is 6.89. The van der Waals surface area contributed by atoms with E-state index in [1.165, 1.54) is 0 Å². The second-order valence-corrected chi connectivity index (χ2v) is 5.21. The first kappa shape index (κ1) is 17.5. The molecule has 0 saturated heterocycles. The molecular formula is C15H22ClN3O2. The van der Waals surface area contributed by atoms with Crippen LogP contribution in [-0.4, -0.2) is 32.0 Å². The van der Waals surface area contributed by atoms with Crippen molar-refractivity contribution in [3.05, 3.63) is 23.8 Å². The number of amides is 2. The molecule has 0 saturated carbocycles. The molecule has 2 amide bonds. The van der Waals surface area contributed by atoms with Crippen LogP contribution in [0.25, 0.3) is 0 Å². The van der Waals surface area contributed by atoms with Crippen molar-refractivity contribution in [3.8, 4) is 0 Å². The Bertz CT molecular complexity index is 534. The molecule has 0 fully saturated rings. The van der Waals surface area contributed by atoms with Crippen LogP contribution >= 0.6 is 12.4 Å². The van der Waals surface area contributed by atoms with Crippen LogP contribution in [-0.2, 0) is 16.0 Å². The van der Waals surface area contributed by atoms with E-state index in [9.17, 15) is 9.59 Å². The molecule has 0 aliphatic carbocycles. The molecule has 0 bridgehead atoms. The molecule has 21 heavy (non-hydrogen) atoms. The summed E-state index contributed by atoms with van der Waals surface area (Å²) in [4.78, 5) is 25.2. The lowest BCUT2D eigenvalue weighted by atomic mass is 10.1. The van der Waals surface area contributed by atoms with E-state index in [2.05, 4.69) is 10.6 Å². The standard InChI is InChI=1S/C15H21N3O2.ClH/c1-10(9-16-3)15(20)17-13-4-5-14-12(8-13)6-7-18(14)11(2)19;/h4-5,8,10,16H,6-7,9H2,1-3H3,(H,17,20);1H. The summed E-state index contributed by atoms with van der Waals surface area (Å²) >= 11 is 0. The van der Waals surface area contributed by atoms with Crippen molar-refractivity contribution < 1.29 is 9.59 Å². The minimum atomic E-state index is -0.0815. The van der Waals surface area contributed by atoms with Crippen molar-refractivity contribution >= 4 is 35.6 Å². The SMILES string of the molecule is CNCC(C)C(=O)Nc1ccc2c(c1)CCN2C(C)=O.Cl. The van der Waals surface area contributed by atoms with E-state index in [0.717, 1.165) is 29.9 Å². The van der Waals surface area contributed by atoms with Crippen LogP contribution in [0.4, 0.5) is 11.4 Å². The fourth-order valence-corrected chi connectivity index (χ4v) is 2.47. The number of hydrogen-bond acceptors (Lipinski definition) is 3. The van der Waals surface area contributed by atoms with Crippen LogP contribution in [0.5, 0.6) is 0 Å². The average molecular weight is 312 g/mol. The minimum Gasteiger partial charge on any atom is -0.326 e. The number of nitrogens with one attached hydrogen (secondary N) is 2. The van der Waals surface area contributed by atoms with Gasteiger partial charge in [0.05, 0.1) is 0 Å². The Balaban J connectivity index is 0.00000220. The Morgan fingerprint density at radius 1 is 1.38 bits per heavy atom. The molecule has 1 aliphatic rings. The summed E-state index contributed by atoms with van der Waals surface area (Å²) in [6.07, 6.45) is 0.838. The minimum absolute atomic E-state index is 0. The number of anilines is 2. The highest BCUT2D eigenvalue weighted by atomic mass is 35.5. The van der Waals surface area contributed by atoms with Crippen LogP contribution in [0, 0.1) is 5.92 Å². The summed E-state index contributed by atoms with van der Waals surface area (Å²) in [7, 11) is 1.83. The first-order valence-corrected chi connectivity index (χ1v) is 6.89. The lowest BCUT2D eigenvalue weighted by Crippen LogP contribution is -2.28. The Kier molecular flexibility index (Phi) is 6.18. The number of hydrogen-bond donors (Lipinski definition) is 2. The van der Waals surface area contributed by atoms with E-state index < -0.39 is 0 Å². The number of halogens is 1. The molecule has 1 aromatic rings. The predicted octanol–water partition coefficient (Wildman–Crippen LogP) is 1.81. The van der Waals surface area contributed by atoms with Gasteiger partial charge in [0.2, 0.25) is 11.8 Å². The number of nitrogens with zero attached hydrogens (tertiary/aromatic N) is 1. The molecule has 1 atom stereocenters. The largest absolute Gasteiger partial charge is 0.326 e. The van der Waals surface area contributed by atoms with E-state index in [1.54, 1.807) is 11.8 Å². The predicted molar refractivity (Wildman–Crippen MR) is 87.1 cm³/mol. The first-order chi connectivity index (χ1) is 9.52. The Morgan fingerprint density at radius 3 is 2.71 bits per heavy atom.